The van der Waals surface area contributed by atoms with Gasteiger partial charge in [-0.3, -0.25) is 4.79 Å². The highest BCUT2D eigenvalue weighted by Gasteiger charge is 2.23. The Morgan fingerprint density at radius 2 is 2.04 bits per heavy atom. The van der Waals surface area contributed by atoms with Crippen LogP contribution in [0.15, 0.2) is 42.5 Å². The molecule has 1 amide bonds. The van der Waals surface area contributed by atoms with Crippen LogP contribution in [0.4, 0.5) is 5.69 Å². The van der Waals surface area contributed by atoms with E-state index in [0.29, 0.717) is 0 Å². The Bertz CT molecular complexity index is 1160. The Morgan fingerprint density at radius 1 is 1.21 bits per heavy atom. The Hall–Kier alpha value is -2.63. The van der Waals surface area contributed by atoms with Crippen LogP contribution in [0, 0.1) is 6.92 Å². The molecule has 0 spiro atoms. The zero-order valence-electron chi connectivity index (χ0n) is 16.0. The molecule has 1 saturated heterocycles. The first-order valence-electron chi connectivity index (χ1n) is 9.45. The zero-order valence-corrected chi connectivity index (χ0v) is 16.8. The number of hydrogen-bond acceptors (Lipinski definition) is 3. The van der Waals surface area contributed by atoms with Crippen LogP contribution in [0.25, 0.3) is 33.2 Å². The van der Waals surface area contributed by atoms with Gasteiger partial charge in [0.05, 0.1) is 11.6 Å². The van der Waals surface area contributed by atoms with E-state index in [1.165, 1.54) is 16.5 Å². The van der Waals surface area contributed by atoms with E-state index < -0.39 is 0 Å². The van der Waals surface area contributed by atoms with Gasteiger partial charge in [-0.15, -0.1) is 12.4 Å². The van der Waals surface area contributed by atoms with E-state index in [1.54, 1.807) is 0 Å². The number of nitrogens with zero attached hydrogens (tertiary/aromatic N) is 2. The number of halogens is 1. The summed E-state index contributed by atoms with van der Waals surface area (Å²) < 4.78 is 2.14. The highest BCUT2D eigenvalue weighted by atomic mass is 35.5. The minimum absolute atomic E-state index is 0. The second-order valence-corrected chi connectivity index (χ2v) is 7.38. The van der Waals surface area contributed by atoms with Gasteiger partial charge in [-0.25, -0.2) is 4.98 Å². The van der Waals surface area contributed by atoms with E-state index >= 15 is 0 Å². The van der Waals surface area contributed by atoms with Crippen LogP contribution >= 0.6 is 12.4 Å². The molecule has 28 heavy (non-hydrogen) atoms. The predicted molar refractivity (Wildman–Crippen MR) is 116 cm³/mol. The van der Waals surface area contributed by atoms with Crippen LogP contribution in [-0.2, 0) is 11.8 Å². The number of aryl methyl sites for hydroxylation is 2. The molecule has 3 aliphatic heterocycles. The summed E-state index contributed by atoms with van der Waals surface area (Å²) >= 11 is 0. The van der Waals surface area contributed by atoms with Crippen LogP contribution < -0.4 is 10.6 Å². The lowest BCUT2D eigenvalue weighted by Crippen LogP contribution is -2.35. The molecule has 0 unspecified atom stereocenters. The fraction of sp³-hybridized carbons (Fsp3) is 0.273. The summed E-state index contributed by atoms with van der Waals surface area (Å²) in [7, 11) is 2.05. The second-order valence-electron chi connectivity index (χ2n) is 7.38. The molecule has 6 heteroatoms. The van der Waals surface area contributed by atoms with Crippen molar-refractivity contribution in [3.63, 3.8) is 0 Å². The molecule has 0 aromatic heterocycles. The van der Waals surface area contributed by atoms with Crippen molar-refractivity contribution in [2.24, 2.45) is 7.05 Å². The maximum atomic E-state index is 12.5. The highest BCUT2D eigenvalue weighted by Crippen LogP contribution is 2.38. The third-order valence-corrected chi connectivity index (χ3v) is 5.72. The first-order valence-corrected chi connectivity index (χ1v) is 9.45. The lowest BCUT2D eigenvalue weighted by atomic mass is 9.99. The molecule has 5 nitrogen and oxygen atoms in total. The summed E-state index contributed by atoms with van der Waals surface area (Å²) in [5, 5.41) is 8.64. The molecule has 0 aliphatic carbocycles. The third kappa shape index (κ3) is 2.82. The van der Waals surface area contributed by atoms with Crippen LogP contribution in [0.3, 0.4) is 0 Å². The smallest absolute Gasteiger partial charge is 0.241 e. The number of amides is 1. The second kappa shape index (κ2) is 7.08. The number of pyridine rings is 1. The van der Waals surface area contributed by atoms with Gasteiger partial charge in [0.1, 0.15) is 5.82 Å². The number of carbonyl (C=O) groups is 1. The molecule has 144 valence electrons. The van der Waals surface area contributed by atoms with Gasteiger partial charge in [0.2, 0.25) is 5.91 Å². The van der Waals surface area contributed by atoms with Crippen LogP contribution in [-0.4, -0.2) is 28.0 Å². The summed E-state index contributed by atoms with van der Waals surface area (Å²) in [6.45, 7) is 3.06. The molecular weight excluding hydrogens is 372 g/mol. The molecule has 0 radical (unpaired) electrons. The van der Waals surface area contributed by atoms with Crippen molar-refractivity contribution >= 4 is 45.8 Å². The molecule has 2 aromatic rings. The van der Waals surface area contributed by atoms with Crippen molar-refractivity contribution in [2.45, 2.75) is 25.8 Å². The topological polar surface area (TPSA) is 59.0 Å². The molecule has 0 bridgehead atoms. The van der Waals surface area contributed by atoms with Crippen LogP contribution in [0.2, 0.25) is 0 Å². The fourth-order valence-corrected chi connectivity index (χ4v) is 4.28. The molecular formula is C22H23ClN4O. The van der Waals surface area contributed by atoms with Crippen molar-refractivity contribution in [2.75, 3.05) is 11.9 Å². The average molecular weight is 395 g/mol. The van der Waals surface area contributed by atoms with Crippen molar-refractivity contribution in [3.05, 3.63) is 48.0 Å². The van der Waals surface area contributed by atoms with Gasteiger partial charge in [0.15, 0.2) is 0 Å². The number of fused-ring (bicyclic) bond motifs is 4. The normalized spacial score (nSPS) is 16.6. The summed E-state index contributed by atoms with van der Waals surface area (Å²) in [6.07, 6.45) is 1.96. The standard InChI is InChI=1S/C22H22N4O.ClH/c1-13-16-12-14(24-22(27)18-8-5-11-23-18)9-10-19(16)26(2)21-20(13)15-6-3-4-7-17(15)25-21;/h3-4,6-7,9-10,12,18,23H,5,8,11H2,1-2H3,(H,24,27);1H/t18-;/m0./s1. The molecule has 2 N–H and O–H groups in total. The Balaban J connectivity index is 0.00000192. The number of benzene rings is 2. The summed E-state index contributed by atoms with van der Waals surface area (Å²) in [6, 6.07) is 14.3. The molecule has 3 heterocycles. The zero-order chi connectivity index (χ0) is 18.5. The quantitative estimate of drug-likeness (QED) is 0.534. The van der Waals surface area contributed by atoms with Crippen molar-refractivity contribution in [3.8, 4) is 11.4 Å². The fourth-order valence-electron chi connectivity index (χ4n) is 4.28. The van der Waals surface area contributed by atoms with Gasteiger partial charge in [-0.1, -0.05) is 18.2 Å². The maximum absolute atomic E-state index is 12.5. The van der Waals surface area contributed by atoms with Crippen molar-refractivity contribution in [1.82, 2.24) is 14.9 Å². The average Bonchev–Trinajstić information content (AvgIpc) is 3.34. The number of carbonyl (C=O) groups excluding carboxylic acids is 1. The summed E-state index contributed by atoms with van der Waals surface area (Å²) in [5.41, 5.74) is 5.35. The van der Waals surface area contributed by atoms with E-state index in [1.807, 2.05) is 12.1 Å². The SMILES string of the molecule is Cc1c2c3ccccc3nc-2n(C)c2ccc(NC(=O)[C@@H]3CCCN3)cc12.Cl. The molecule has 5 rings (SSSR count). The molecule has 3 aliphatic rings. The van der Waals surface area contributed by atoms with E-state index in [0.717, 1.165) is 47.3 Å². The first-order chi connectivity index (χ1) is 13.1. The van der Waals surface area contributed by atoms with Gasteiger partial charge >= 0.3 is 0 Å². The number of nitrogens with one attached hydrogen (secondary N) is 2. The van der Waals surface area contributed by atoms with Crippen LogP contribution in [0.1, 0.15) is 18.4 Å². The largest absolute Gasteiger partial charge is 0.328 e. The number of para-hydroxylation sites is 1. The van der Waals surface area contributed by atoms with E-state index in [-0.39, 0.29) is 24.4 Å². The van der Waals surface area contributed by atoms with Gasteiger partial charge in [0.25, 0.3) is 0 Å². The number of rotatable bonds is 2. The van der Waals surface area contributed by atoms with E-state index in [2.05, 4.69) is 59.5 Å². The Labute approximate surface area is 169 Å². The predicted octanol–water partition coefficient (Wildman–Crippen LogP) is 4.25. The monoisotopic (exact) mass is 394 g/mol. The van der Waals surface area contributed by atoms with Crippen molar-refractivity contribution < 1.29 is 4.79 Å². The van der Waals surface area contributed by atoms with Gasteiger partial charge in [0, 0.05) is 34.6 Å². The molecule has 1 fully saturated rings. The minimum atomic E-state index is -0.0800. The summed E-state index contributed by atoms with van der Waals surface area (Å²) in [4.78, 5) is 17.3. The van der Waals surface area contributed by atoms with E-state index in [9.17, 15) is 4.79 Å². The molecule has 0 saturated carbocycles. The lowest BCUT2D eigenvalue weighted by Gasteiger charge is -2.17. The molecule has 2 aromatic carbocycles. The van der Waals surface area contributed by atoms with E-state index in [4.69, 9.17) is 4.98 Å². The van der Waals surface area contributed by atoms with Gasteiger partial charge < -0.3 is 15.2 Å². The minimum Gasteiger partial charge on any atom is -0.328 e. The lowest BCUT2D eigenvalue weighted by molar-refractivity contribution is -0.117. The molecule has 1 atom stereocenters. The number of aromatic nitrogens is 2. The number of hydrogen-bond donors (Lipinski definition) is 2. The first kappa shape index (κ1) is 18.7. The third-order valence-electron chi connectivity index (χ3n) is 5.72. The van der Waals surface area contributed by atoms with Crippen LogP contribution in [0.5, 0.6) is 0 Å². The summed E-state index contributed by atoms with van der Waals surface area (Å²) in [5.74, 6) is 1.04. The van der Waals surface area contributed by atoms with Gasteiger partial charge in [-0.2, -0.15) is 0 Å². The maximum Gasteiger partial charge on any atom is 0.241 e. The van der Waals surface area contributed by atoms with Crippen molar-refractivity contribution in [1.29, 1.82) is 0 Å². The Morgan fingerprint density at radius 3 is 2.82 bits per heavy atom. The Kier molecular flexibility index (Phi) is 4.73. The van der Waals surface area contributed by atoms with Gasteiger partial charge in [-0.05, 0) is 56.1 Å². The highest BCUT2D eigenvalue weighted by molar-refractivity contribution is 6.05. The number of anilines is 1.